The van der Waals surface area contributed by atoms with Crippen LogP contribution in [-0.2, 0) is 14.3 Å². The predicted octanol–water partition coefficient (Wildman–Crippen LogP) is 3.11. The predicted molar refractivity (Wildman–Crippen MR) is 116 cm³/mol. The number of rotatable bonds is 8. The molecular weight excluding hydrogens is 396 g/mol. The number of amides is 2. The van der Waals surface area contributed by atoms with E-state index < -0.39 is 18.0 Å². The zero-order chi connectivity index (χ0) is 22.1. The Labute approximate surface area is 182 Å². The van der Waals surface area contributed by atoms with Gasteiger partial charge in [-0.1, -0.05) is 42.5 Å². The lowest BCUT2D eigenvalue weighted by molar-refractivity contribution is -0.160. The summed E-state index contributed by atoms with van der Waals surface area (Å²) in [5.41, 5.74) is 0.945. The van der Waals surface area contributed by atoms with Crippen LogP contribution in [0.4, 0.5) is 0 Å². The van der Waals surface area contributed by atoms with E-state index in [-0.39, 0.29) is 12.5 Å². The van der Waals surface area contributed by atoms with Gasteiger partial charge in [0.05, 0.1) is 12.2 Å². The number of para-hydroxylation sites is 1. The van der Waals surface area contributed by atoms with Crippen LogP contribution < -0.4 is 10.1 Å². The molecule has 7 nitrogen and oxygen atoms in total. The van der Waals surface area contributed by atoms with Crippen molar-refractivity contribution in [3.63, 3.8) is 0 Å². The zero-order valence-electron chi connectivity index (χ0n) is 17.7. The topological polar surface area (TPSA) is 84.9 Å². The van der Waals surface area contributed by atoms with Gasteiger partial charge in [-0.15, -0.1) is 0 Å². The molecule has 0 aliphatic carbocycles. The number of carbonyl (C=O) groups is 3. The van der Waals surface area contributed by atoms with Crippen LogP contribution in [0.25, 0.3) is 0 Å². The standard InChI is InChI=1S/C24H28N2O5/c1-2-30-20-14-8-7-13-19(20)23(28)25-17-21(27)31-22(18-11-5-3-6-12-18)24(29)26-15-9-4-10-16-26/h3,5-8,11-14,22H,2,4,9-10,15-17H2,1H3,(H,25,28)/t22-/m0/s1. The summed E-state index contributed by atoms with van der Waals surface area (Å²) in [6, 6.07) is 15.8. The molecule has 0 bridgehead atoms. The van der Waals surface area contributed by atoms with Crippen molar-refractivity contribution >= 4 is 17.8 Å². The fourth-order valence-electron chi connectivity index (χ4n) is 3.53. The molecule has 2 aromatic carbocycles. The van der Waals surface area contributed by atoms with Crippen LogP contribution in [0.1, 0.15) is 48.2 Å². The zero-order valence-corrected chi connectivity index (χ0v) is 17.7. The van der Waals surface area contributed by atoms with E-state index >= 15 is 0 Å². The molecule has 31 heavy (non-hydrogen) atoms. The molecule has 1 heterocycles. The van der Waals surface area contributed by atoms with Gasteiger partial charge in [-0.2, -0.15) is 0 Å². The summed E-state index contributed by atoms with van der Waals surface area (Å²) < 4.78 is 11.0. The van der Waals surface area contributed by atoms with Crippen LogP contribution in [0.3, 0.4) is 0 Å². The van der Waals surface area contributed by atoms with Crippen LogP contribution in [0, 0.1) is 0 Å². The van der Waals surface area contributed by atoms with Crippen LogP contribution >= 0.6 is 0 Å². The summed E-state index contributed by atoms with van der Waals surface area (Å²) in [6.45, 7) is 3.21. The number of likely N-dealkylation sites (tertiary alicyclic amines) is 1. The summed E-state index contributed by atoms with van der Waals surface area (Å²) >= 11 is 0. The molecule has 7 heteroatoms. The lowest BCUT2D eigenvalue weighted by atomic mass is 10.1. The molecule has 1 aliphatic rings. The Kier molecular flexibility index (Phi) is 8.04. The van der Waals surface area contributed by atoms with Gasteiger partial charge in [0.1, 0.15) is 12.3 Å². The van der Waals surface area contributed by atoms with E-state index in [1.807, 2.05) is 13.0 Å². The van der Waals surface area contributed by atoms with Crippen molar-refractivity contribution < 1.29 is 23.9 Å². The van der Waals surface area contributed by atoms with Crippen molar-refractivity contribution in [2.45, 2.75) is 32.3 Å². The molecule has 1 atom stereocenters. The van der Waals surface area contributed by atoms with E-state index in [2.05, 4.69) is 5.32 Å². The highest BCUT2D eigenvalue weighted by Crippen LogP contribution is 2.23. The smallest absolute Gasteiger partial charge is 0.326 e. The molecule has 0 saturated carbocycles. The second-order valence-corrected chi connectivity index (χ2v) is 7.28. The Bertz CT molecular complexity index is 894. The molecule has 2 aromatic rings. The van der Waals surface area contributed by atoms with Gasteiger partial charge in [-0.05, 0) is 38.3 Å². The molecule has 0 radical (unpaired) electrons. The number of nitrogens with zero attached hydrogens (tertiary/aromatic N) is 1. The maximum atomic E-state index is 13.1. The van der Waals surface area contributed by atoms with Crippen LogP contribution in [-0.4, -0.2) is 48.9 Å². The second-order valence-electron chi connectivity index (χ2n) is 7.28. The number of esters is 1. The molecule has 1 saturated heterocycles. The lowest BCUT2D eigenvalue weighted by Gasteiger charge is -2.30. The van der Waals surface area contributed by atoms with Crippen LogP contribution in [0.5, 0.6) is 5.75 Å². The summed E-state index contributed by atoms with van der Waals surface area (Å²) in [7, 11) is 0. The van der Waals surface area contributed by atoms with E-state index in [4.69, 9.17) is 9.47 Å². The van der Waals surface area contributed by atoms with Crippen molar-refractivity contribution in [3.05, 3.63) is 65.7 Å². The molecular formula is C24H28N2O5. The summed E-state index contributed by atoms with van der Waals surface area (Å²) in [6.07, 6.45) is 1.95. The van der Waals surface area contributed by atoms with Crippen molar-refractivity contribution in [2.75, 3.05) is 26.2 Å². The first kappa shape index (κ1) is 22.3. The van der Waals surface area contributed by atoms with E-state index in [0.29, 0.717) is 36.6 Å². The number of carbonyl (C=O) groups excluding carboxylic acids is 3. The Morgan fingerprint density at radius 3 is 2.35 bits per heavy atom. The van der Waals surface area contributed by atoms with Gasteiger partial charge in [0, 0.05) is 18.7 Å². The van der Waals surface area contributed by atoms with E-state index in [0.717, 1.165) is 19.3 Å². The van der Waals surface area contributed by atoms with Crippen molar-refractivity contribution in [3.8, 4) is 5.75 Å². The molecule has 0 unspecified atom stereocenters. The number of ether oxygens (including phenoxy) is 2. The molecule has 164 valence electrons. The first-order chi connectivity index (χ1) is 15.1. The van der Waals surface area contributed by atoms with Gasteiger partial charge in [0.2, 0.25) is 6.10 Å². The van der Waals surface area contributed by atoms with Crippen molar-refractivity contribution in [2.24, 2.45) is 0 Å². The SMILES string of the molecule is CCOc1ccccc1C(=O)NCC(=O)O[C@H](C(=O)N1CCCCC1)c1ccccc1. The van der Waals surface area contributed by atoms with E-state index in [9.17, 15) is 14.4 Å². The Hall–Kier alpha value is -3.35. The van der Waals surface area contributed by atoms with E-state index in [1.54, 1.807) is 53.4 Å². The number of nitrogens with one attached hydrogen (secondary N) is 1. The van der Waals surface area contributed by atoms with Gasteiger partial charge >= 0.3 is 5.97 Å². The third-order valence-electron chi connectivity index (χ3n) is 5.07. The fourth-order valence-corrected chi connectivity index (χ4v) is 3.53. The van der Waals surface area contributed by atoms with Gasteiger partial charge < -0.3 is 19.7 Å². The molecule has 1 N–H and O–H groups in total. The minimum Gasteiger partial charge on any atom is -0.493 e. The fraction of sp³-hybridized carbons (Fsp3) is 0.375. The number of piperidine rings is 1. The van der Waals surface area contributed by atoms with Gasteiger partial charge in [-0.25, -0.2) is 0 Å². The highest BCUT2D eigenvalue weighted by Gasteiger charge is 2.30. The molecule has 1 fully saturated rings. The van der Waals surface area contributed by atoms with Crippen LogP contribution in [0.15, 0.2) is 54.6 Å². The maximum Gasteiger partial charge on any atom is 0.326 e. The minimum absolute atomic E-state index is 0.229. The van der Waals surface area contributed by atoms with Gasteiger partial charge in [0.15, 0.2) is 0 Å². The lowest BCUT2D eigenvalue weighted by Crippen LogP contribution is -2.41. The highest BCUT2D eigenvalue weighted by atomic mass is 16.5. The average molecular weight is 424 g/mol. The van der Waals surface area contributed by atoms with Crippen LogP contribution in [0.2, 0.25) is 0 Å². The summed E-state index contributed by atoms with van der Waals surface area (Å²) in [5, 5.41) is 2.55. The summed E-state index contributed by atoms with van der Waals surface area (Å²) in [5.74, 6) is -0.911. The minimum atomic E-state index is -1.03. The first-order valence-corrected chi connectivity index (χ1v) is 10.6. The average Bonchev–Trinajstić information content (AvgIpc) is 2.82. The summed E-state index contributed by atoms with van der Waals surface area (Å²) in [4.78, 5) is 39.8. The second kappa shape index (κ2) is 11.2. The van der Waals surface area contributed by atoms with E-state index in [1.165, 1.54) is 0 Å². The maximum absolute atomic E-state index is 13.1. The Balaban J connectivity index is 1.65. The number of benzene rings is 2. The molecule has 0 spiro atoms. The van der Waals surface area contributed by atoms with Crippen molar-refractivity contribution in [1.29, 1.82) is 0 Å². The van der Waals surface area contributed by atoms with Crippen molar-refractivity contribution in [1.82, 2.24) is 10.2 Å². The monoisotopic (exact) mass is 424 g/mol. The highest BCUT2D eigenvalue weighted by molar-refractivity contribution is 5.98. The largest absolute Gasteiger partial charge is 0.493 e. The normalized spacial score (nSPS) is 14.4. The number of hydrogen-bond acceptors (Lipinski definition) is 5. The first-order valence-electron chi connectivity index (χ1n) is 10.6. The third kappa shape index (κ3) is 6.07. The molecule has 1 aliphatic heterocycles. The Morgan fingerprint density at radius 2 is 1.65 bits per heavy atom. The molecule has 3 rings (SSSR count). The van der Waals surface area contributed by atoms with Gasteiger partial charge in [-0.3, -0.25) is 14.4 Å². The molecule has 2 amide bonds. The third-order valence-corrected chi connectivity index (χ3v) is 5.07. The number of hydrogen-bond donors (Lipinski definition) is 1. The molecule has 0 aromatic heterocycles. The Morgan fingerprint density at radius 1 is 0.968 bits per heavy atom. The van der Waals surface area contributed by atoms with Gasteiger partial charge in [0.25, 0.3) is 11.8 Å². The quantitative estimate of drug-likeness (QED) is 0.658.